The van der Waals surface area contributed by atoms with Crippen LogP contribution in [-0.4, -0.2) is 34.2 Å². The van der Waals surface area contributed by atoms with Crippen LogP contribution in [0.4, 0.5) is 0 Å². The summed E-state index contributed by atoms with van der Waals surface area (Å²) >= 11 is 0. The zero-order valence-corrected chi connectivity index (χ0v) is 10.3. The third kappa shape index (κ3) is 2.08. The molecule has 3 N–H and O–H groups in total. The van der Waals surface area contributed by atoms with E-state index in [2.05, 4.69) is 0 Å². The summed E-state index contributed by atoms with van der Waals surface area (Å²) in [6.45, 7) is 0. The van der Waals surface area contributed by atoms with E-state index >= 15 is 0 Å². The summed E-state index contributed by atoms with van der Waals surface area (Å²) in [6, 6.07) is 8.46. The molecule has 1 unspecified atom stereocenters. The van der Waals surface area contributed by atoms with Crippen LogP contribution in [0.25, 0.3) is 0 Å². The first-order valence-corrected chi connectivity index (χ1v) is 5.64. The van der Waals surface area contributed by atoms with Gasteiger partial charge in [-0.3, -0.25) is 0 Å². The van der Waals surface area contributed by atoms with Crippen molar-refractivity contribution < 1.29 is 24.9 Å². The van der Waals surface area contributed by atoms with Crippen LogP contribution in [0, 0.1) is 0 Å². The largest absolute Gasteiger partial charge is 0.478 e. The molecule has 0 bridgehead atoms. The van der Waals surface area contributed by atoms with Gasteiger partial charge in [-0.1, -0.05) is 30.3 Å². The first kappa shape index (κ1) is 13.5. The highest BCUT2D eigenvalue weighted by molar-refractivity contribution is 5.90. The first-order chi connectivity index (χ1) is 8.93. The number of rotatable bonds is 3. The molecule has 0 radical (unpaired) electrons. The molecule has 0 heterocycles. The molecule has 19 heavy (non-hydrogen) atoms. The average Bonchev–Trinajstić information content (AvgIpc) is 2.39. The number of carbonyl (C=O) groups is 1. The lowest BCUT2D eigenvalue weighted by Crippen LogP contribution is -2.52. The van der Waals surface area contributed by atoms with Gasteiger partial charge in [0.25, 0.3) is 0 Å². The Morgan fingerprint density at radius 2 is 1.84 bits per heavy atom. The third-order valence-corrected chi connectivity index (χ3v) is 3.17. The predicted molar refractivity (Wildman–Crippen MR) is 67.2 cm³/mol. The van der Waals surface area contributed by atoms with E-state index in [-0.39, 0.29) is 5.57 Å². The number of hydrogen-bond acceptors (Lipinski definition) is 4. The van der Waals surface area contributed by atoms with Crippen LogP contribution in [0.5, 0.6) is 0 Å². The summed E-state index contributed by atoms with van der Waals surface area (Å²) in [4.78, 5) is 11.1. The van der Waals surface area contributed by atoms with Gasteiger partial charge in [0, 0.05) is 7.11 Å². The van der Waals surface area contributed by atoms with Gasteiger partial charge >= 0.3 is 5.97 Å². The molecule has 0 saturated carbocycles. The summed E-state index contributed by atoms with van der Waals surface area (Å²) in [5, 5.41) is 29.3. The van der Waals surface area contributed by atoms with E-state index in [0.717, 1.165) is 12.2 Å². The molecule has 5 heteroatoms. The average molecular weight is 262 g/mol. The summed E-state index contributed by atoms with van der Waals surface area (Å²) in [5.41, 5.74) is -1.27. The molecular formula is C14H14O5. The molecule has 0 saturated heterocycles. The molecule has 0 aliphatic heterocycles. The molecule has 0 amide bonds. The molecule has 1 aliphatic carbocycles. The molecule has 100 valence electrons. The molecule has 0 spiro atoms. The molecule has 1 aromatic carbocycles. The Morgan fingerprint density at radius 3 is 2.37 bits per heavy atom. The number of benzene rings is 1. The second kappa shape index (κ2) is 4.62. The Balaban J connectivity index is 2.64. The summed E-state index contributed by atoms with van der Waals surface area (Å²) in [5.74, 6) is -3.49. The van der Waals surface area contributed by atoms with Crippen LogP contribution >= 0.6 is 0 Å². The minimum absolute atomic E-state index is 0.0653. The van der Waals surface area contributed by atoms with Crippen molar-refractivity contribution in [3.63, 3.8) is 0 Å². The fourth-order valence-corrected chi connectivity index (χ4v) is 2.14. The van der Waals surface area contributed by atoms with E-state index in [1.165, 1.54) is 13.2 Å². The van der Waals surface area contributed by atoms with Crippen molar-refractivity contribution in [1.29, 1.82) is 0 Å². The summed E-state index contributed by atoms with van der Waals surface area (Å²) < 4.78 is 5.27. The highest BCUT2D eigenvalue weighted by atomic mass is 16.6. The van der Waals surface area contributed by atoms with Crippen molar-refractivity contribution in [3.8, 4) is 0 Å². The monoisotopic (exact) mass is 262 g/mol. The van der Waals surface area contributed by atoms with Crippen molar-refractivity contribution in [3.05, 3.63) is 59.7 Å². The molecule has 1 aliphatic rings. The number of ether oxygens (including phenoxy) is 1. The van der Waals surface area contributed by atoms with Crippen LogP contribution in [0.2, 0.25) is 0 Å². The van der Waals surface area contributed by atoms with Gasteiger partial charge in [-0.25, -0.2) is 4.79 Å². The number of aliphatic hydroxyl groups is 2. The van der Waals surface area contributed by atoms with Crippen molar-refractivity contribution in [2.75, 3.05) is 7.11 Å². The van der Waals surface area contributed by atoms with Gasteiger partial charge < -0.3 is 20.1 Å². The molecule has 0 aromatic heterocycles. The topological polar surface area (TPSA) is 87.0 Å². The van der Waals surface area contributed by atoms with E-state index in [1.54, 1.807) is 30.3 Å². The van der Waals surface area contributed by atoms with Crippen LogP contribution < -0.4 is 0 Å². The number of hydrogen-bond donors (Lipinski definition) is 3. The Bertz CT molecular complexity index is 544. The van der Waals surface area contributed by atoms with Gasteiger partial charge in [-0.15, -0.1) is 0 Å². The maximum Gasteiger partial charge on any atom is 0.335 e. The van der Waals surface area contributed by atoms with Crippen LogP contribution in [0.15, 0.2) is 54.1 Å². The lowest BCUT2D eigenvalue weighted by atomic mass is 9.80. The van der Waals surface area contributed by atoms with E-state index in [9.17, 15) is 15.0 Å². The minimum Gasteiger partial charge on any atom is -0.478 e. The summed E-state index contributed by atoms with van der Waals surface area (Å²) in [6.07, 6.45) is 3.35. The molecule has 2 rings (SSSR count). The van der Waals surface area contributed by atoms with Gasteiger partial charge in [0.05, 0.1) is 5.57 Å². The predicted octanol–water partition coefficient (Wildman–Crippen LogP) is 0.790. The van der Waals surface area contributed by atoms with Gasteiger partial charge in [0.1, 0.15) is 0 Å². The van der Waals surface area contributed by atoms with Crippen LogP contribution in [0.3, 0.4) is 0 Å². The third-order valence-electron chi connectivity index (χ3n) is 3.17. The highest BCUT2D eigenvalue weighted by Gasteiger charge is 2.50. The van der Waals surface area contributed by atoms with Crippen molar-refractivity contribution in [1.82, 2.24) is 0 Å². The van der Waals surface area contributed by atoms with Crippen molar-refractivity contribution >= 4 is 5.97 Å². The van der Waals surface area contributed by atoms with E-state index < -0.39 is 17.4 Å². The van der Waals surface area contributed by atoms with Crippen LogP contribution in [0.1, 0.15) is 5.56 Å². The zero-order chi connectivity index (χ0) is 14.1. The fraction of sp³-hybridized carbons (Fsp3) is 0.214. The molecule has 5 nitrogen and oxygen atoms in total. The van der Waals surface area contributed by atoms with Crippen molar-refractivity contribution in [2.24, 2.45) is 0 Å². The number of carboxylic acids is 1. The maximum atomic E-state index is 11.1. The minimum atomic E-state index is -2.33. The van der Waals surface area contributed by atoms with E-state index in [0.29, 0.717) is 5.56 Å². The standard InChI is InChI=1S/C14H14O5/c1-19-13(11-5-3-2-4-6-11)9-10(12(15)16)7-8-14(13,17)18/h2-9,17-18H,1H3,(H,15,16). The van der Waals surface area contributed by atoms with E-state index in [1.807, 2.05) is 0 Å². The number of methoxy groups -OCH3 is 1. The second-order valence-electron chi connectivity index (χ2n) is 4.27. The summed E-state index contributed by atoms with van der Waals surface area (Å²) in [7, 11) is 1.29. The first-order valence-electron chi connectivity index (χ1n) is 5.64. The highest BCUT2D eigenvalue weighted by Crippen LogP contribution is 2.41. The maximum absolute atomic E-state index is 11.1. The molecule has 1 atom stereocenters. The van der Waals surface area contributed by atoms with Crippen LogP contribution in [-0.2, 0) is 15.1 Å². The van der Waals surface area contributed by atoms with Gasteiger partial charge in [0.2, 0.25) is 5.79 Å². The Hall–Kier alpha value is -1.95. The number of aliphatic carboxylic acids is 1. The molecular weight excluding hydrogens is 248 g/mol. The Kier molecular flexibility index (Phi) is 3.28. The quantitative estimate of drug-likeness (QED) is 0.701. The Labute approximate surface area is 110 Å². The number of carboxylic acid groups (broad SMARTS) is 1. The van der Waals surface area contributed by atoms with E-state index in [4.69, 9.17) is 9.84 Å². The smallest absolute Gasteiger partial charge is 0.335 e. The van der Waals surface area contributed by atoms with Gasteiger partial charge in [-0.05, 0) is 23.8 Å². The second-order valence-corrected chi connectivity index (χ2v) is 4.27. The normalized spacial score (nSPS) is 24.9. The van der Waals surface area contributed by atoms with Gasteiger partial charge in [-0.2, -0.15) is 0 Å². The molecule has 0 fully saturated rings. The van der Waals surface area contributed by atoms with Crippen molar-refractivity contribution in [2.45, 2.75) is 11.4 Å². The zero-order valence-electron chi connectivity index (χ0n) is 10.3. The lowest BCUT2D eigenvalue weighted by Gasteiger charge is -2.41. The Morgan fingerprint density at radius 1 is 1.21 bits per heavy atom. The SMILES string of the molecule is COC1(c2ccccc2)C=C(C(=O)O)C=CC1(O)O. The molecule has 1 aromatic rings. The lowest BCUT2D eigenvalue weighted by molar-refractivity contribution is -0.240. The van der Waals surface area contributed by atoms with Gasteiger partial charge in [0.15, 0.2) is 5.60 Å². The fourth-order valence-electron chi connectivity index (χ4n) is 2.14.